The van der Waals surface area contributed by atoms with E-state index in [2.05, 4.69) is 53.6 Å². The van der Waals surface area contributed by atoms with Crippen LogP contribution in [0.15, 0.2) is 29.5 Å². The van der Waals surface area contributed by atoms with Crippen LogP contribution in [0.1, 0.15) is 57.8 Å². The van der Waals surface area contributed by atoms with Gasteiger partial charge in [0.05, 0.1) is 12.1 Å². The van der Waals surface area contributed by atoms with Crippen molar-refractivity contribution in [3.8, 4) is 0 Å². The molecule has 0 fully saturated rings. The van der Waals surface area contributed by atoms with Crippen molar-refractivity contribution >= 4 is 35.8 Å². The highest BCUT2D eigenvalue weighted by Crippen LogP contribution is 2.21. The lowest BCUT2D eigenvalue weighted by atomic mass is 9.89. The van der Waals surface area contributed by atoms with E-state index >= 15 is 0 Å². The number of nitrogens with zero attached hydrogens (tertiary/aromatic N) is 2. The van der Waals surface area contributed by atoms with Crippen LogP contribution < -0.4 is 16.0 Å². The van der Waals surface area contributed by atoms with Crippen LogP contribution in [0.4, 0.5) is 0 Å². The molecule has 1 unspecified atom stereocenters. The molecule has 1 heterocycles. The molecule has 7 heteroatoms. The van der Waals surface area contributed by atoms with Gasteiger partial charge >= 0.3 is 0 Å². The van der Waals surface area contributed by atoms with E-state index in [4.69, 9.17) is 0 Å². The monoisotopic (exact) mass is 475 g/mol. The van der Waals surface area contributed by atoms with Crippen molar-refractivity contribution in [2.24, 2.45) is 10.4 Å². The predicted octanol–water partition coefficient (Wildman–Crippen LogP) is 3.20. The summed E-state index contributed by atoms with van der Waals surface area (Å²) in [5.41, 5.74) is 0.898. The SMILES string of the molecule is CCNC(=NCCNC(=O)c1cccnc1)NC(C)CCC(C)(C)C.I. The molecule has 1 amide bonds. The van der Waals surface area contributed by atoms with Crippen molar-refractivity contribution in [2.75, 3.05) is 19.6 Å². The molecule has 0 saturated heterocycles. The molecular weight excluding hydrogens is 441 g/mol. The summed E-state index contributed by atoms with van der Waals surface area (Å²) >= 11 is 0. The minimum Gasteiger partial charge on any atom is -0.357 e. The number of halogens is 1. The van der Waals surface area contributed by atoms with E-state index in [0.717, 1.165) is 25.3 Å². The normalized spacial score (nSPS) is 12.7. The maximum atomic E-state index is 11.9. The first kappa shape index (κ1) is 24.6. The van der Waals surface area contributed by atoms with Crippen LogP contribution in [0.2, 0.25) is 0 Å². The first-order valence-electron chi connectivity index (χ1n) is 9.05. The number of rotatable bonds is 8. The highest BCUT2D eigenvalue weighted by Gasteiger charge is 2.13. The van der Waals surface area contributed by atoms with E-state index < -0.39 is 0 Å². The van der Waals surface area contributed by atoms with E-state index in [-0.39, 0.29) is 29.9 Å². The second-order valence-corrected chi connectivity index (χ2v) is 7.40. The van der Waals surface area contributed by atoms with Crippen LogP contribution in [0.3, 0.4) is 0 Å². The maximum Gasteiger partial charge on any atom is 0.252 e. The standard InChI is InChI=1S/C19H33N5O.HI/c1-6-21-18(24-15(2)9-10-19(3,4)5)23-13-12-22-17(25)16-8-7-11-20-14-16;/h7-8,11,14-15H,6,9-10,12-13H2,1-5H3,(H,22,25)(H2,21,23,24);1H. The smallest absolute Gasteiger partial charge is 0.252 e. The number of carbonyl (C=O) groups is 1. The number of nitrogens with one attached hydrogen (secondary N) is 3. The molecule has 0 radical (unpaired) electrons. The van der Waals surface area contributed by atoms with Crippen LogP contribution >= 0.6 is 24.0 Å². The molecule has 148 valence electrons. The average molecular weight is 475 g/mol. The number of carbonyl (C=O) groups excluding carboxylic acids is 1. The molecule has 1 aromatic rings. The van der Waals surface area contributed by atoms with Crippen molar-refractivity contribution in [3.63, 3.8) is 0 Å². The number of amides is 1. The predicted molar refractivity (Wildman–Crippen MR) is 119 cm³/mol. The molecule has 0 saturated carbocycles. The Morgan fingerprint density at radius 3 is 2.62 bits per heavy atom. The molecule has 0 aliphatic rings. The van der Waals surface area contributed by atoms with Gasteiger partial charge in [-0.3, -0.25) is 14.8 Å². The zero-order valence-electron chi connectivity index (χ0n) is 16.6. The van der Waals surface area contributed by atoms with E-state index in [1.165, 1.54) is 0 Å². The summed E-state index contributed by atoms with van der Waals surface area (Å²) in [6, 6.07) is 3.84. The summed E-state index contributed by atoms with van der Waals surface area (Å²) in [6.07, 6.45) is 5.45. The average Bonchev–Trinajstić information content (AvgIpc) is 2.57. The molecule has 6 nitrogen and oxygen atoms in total. The molecule has 26 heavy (non-hydrogen) atoms. The number of hydrogen-bond donors (Lipinski definition) is 3. The van der Waals surface area contributed by atoms with Crippen molar-refractivity contribution in [2.45, 2.75) is 53.5 Å². The fraction of sp³-hybridized carbons (Fsp3) is 0.632. The molecular formula is C19H34IN5O. The Morgan fingerprint density at radius 1 is 1.31 bits per heavy atom. The van der Waals surface area contributed by atoms with Crippen LogP contribution in [0.5, 0.6) is 0 Å². The minimum atomic E-state index is -0.125. The molecule has 0 bridgehead atoms. The van der Waals surface area contributed by atoms with Gasteiger partial charge < -0.3 is 16.0 Å². The summed E-state index contributed by atoms with van der Waals surface area (Å²) < 4.78 is 0. The molecule has 1 atom stereocenters. The van der Waals surface area contributed by atoms with E-state index in [9.17, 15) is 4.79 Å². The Balaban J connectivity index is 0.00000625. The van der Waals surface area contributed by atoms with Crippen LogP contribution in [0.25, 0.3) is 0 Å². The first-order valence-corrected chi connectivity index (χ1v) is 9.05. The molecule has 0 spiro atoms. The van der Waals surface area contributed by atoms with Gasteiger partial charge in [0.2, 0.25) is 0 Å². The van der Waals surface area contributed by atoms with Gasteiger partial charge in [-0.05, 0) is 44.2 Å². The van der Waals surface area contributed by atoms with Crippen molar-refractivity contribution in [1.29, 1.82) is 0 Å². The number of hydrogen-bond acceptors (Lipinski definition) is 3. The Bertz CT molecular complexity index is 543. The summed E-state index contributed by atoms with van der Waals surface area (Å²) in [5.74, 6) is 0.666. The topological polar surface area (TPSA) is 78.4 Å². The third-order valence-corrected chi connectivity index (χ3v) is 3.65. The molecule has 3 N–H and O–H groups in total. The van der Waals surface area contributed by atoms with Gasteiger partial charge in [0, 0.05) is 31.5 Å². The van der Waals surface area contributed by atoms with Crippen LogP contribution in [0, 0.1) is 5.41 Å². The Morgan fingerprint density at radius 2 is 2.04 bits per heavy atom. The second kappa shape index (κ2) is 12.9. The molecule has 1 aromatic heterocycles. The highest BCUT2D eigenvalue weighted by molar-refractivity contribution is 14.0. The fourth-order valence-corrected chi connectivity index (χ4v) is 2.21. The number of aliphatic imine (C=N–C) groups is 1. The summed E-state index contributed by atoms with van der Waals surface area (Å²) in [7, 11) is 0. The van der Waals surface area contributed by atoms with Gasteiger partial charge in [-0.15, -0.1) is 24.0 Å². The van der Waals surface area contributed by atoms with E-state index in [1.807, 2.05) is 6.92 Å². The van der Waals surface area contributed by atoms with Gasteiger partial charge in [0.25, 0.3) is 5.91 Å². The Hall–Kier alpha value is -1.38. The van der Waals surface area contributed by atoms with E-state index in [1.54, 1.807) is 24.5 Å². The first-order chi connectivity index (χ1) is 11.8. The summed E-state index contributed by atoms with van der Waals surface area (Å²) in [5, 5.41) is 9.53. The number of aromatic nitrogens is 1. The highest BCUT2D eigenvalue weighted by atomic mass is 127. The largest absolute Gasteiger partial charge is 0.357 e. The Kier molecular flexibility index (Phi) is 12.2. The van der Waals surface area contributed by atoms with Gasteiger partial charge in [0.1, 0.15) is 0 Å². The Labute approximate surface area is 175 Å². The van der Waals surface area contributed by atoms with Crippen LogP contribution in [-0.4, -0.2) is 42.5 Å². The summed E-state index contributed by atoms with van der Waals surface area (Å²) in [6.45, 7) is 12.8. The zero-order chi connectivity index (χ0) is 18.7. The fourth-order valence-electron chi connectivity index (χ4n) is 2.21. The molecule has 0 aliphatic heterocycles. The third-order valence-electron chi connectivity index (χ3n) is 3.65. The molecule has 0 aromatic carbocycles. The van der Waals surface area contributed by atoms with Gasteiger partial charge in [0.15, 0.2) is 5.96 Å². The van der Waals surface area contributed by atoms with Crippen molar-refractivity contribution < 1.29 is 4.79 Å². The third kappa shape index (κ3) is 11.3. The van der Waals surface area contributed by atoms with Crippen molar-refractivity contribution in [1.82, 2.24) is 20.9 Å². The lowest BCUT2D eigenvalue weighted by Crippen LogP contribution is -2.43. The number of pyridine rings is 1. The van der Waals surface area contributed by atoms with Crippen LogP contribution in [-0.2, 0) is 0 Å². The molecule has 0 aliphatic carbocycles. The second-order valence-electron chi connectivity index (χ2n) is 7.40. The minimum absolute atomic E-state index is 0. The van der Waals surface area contributed by atoms with Crippen molar-refractivity contribution in [3.05, 3.63) is 30.1 Å². The maximum absolute atomic E-state index is 11.9. The van der Waals surface area contributed by atoms with E-state index in [0.29, 0.717) is 30.1 Å². The number of guanidine groups is 1. The summed E-state index contributed by atoms with van der Waals surface area (Å²) in [4.78, 5) is 20.4. The van der Waals surface area contributed by atoms with Gasteiger partial charge in [-0.2, -0.15) is 0 Å². The molecule has 1 rings (SSSR count). The van der Waals surface area contributed by atoms with Gasteiger partial charge in [-0.25, -0.2) is 0 Å². The lowest BCUT2D eigenvalue weighted by Gasteiger charge is -2.23. The zero-order valence-corrected chi connectivity index (χ0v) is 19.0. The quantitative estimate of drug-likeness (QED) is 0.234. The van der Waals surface area contributed by atoms with Gasteiger partial charge in [-0.1, -0.05) is 20.8 Å². The lowest BCUT2D eigenvalue weighted by molar-refractivity contribution is 0.0954.